The van der Waals surface area contributed by atoms with Crippen molar-refractivity contribution >= 4 is 28.6 Å². The normalized spacial score (nSPS) is 15.3. The van der Waals surface area contributed by atoms with Gasteiger partial charge in [-0.25, -0.2) is 4.98 Å². The van der Waals surface area contributed by atoms with E-state index in [0.29, 0.717) is 5.95 Å². The van der Waals surface area contributed by atoms with Crippen LogP contribution < -0.4 is 10.2 Å². The molecule has 6 heteroatoms. The zero-order valence-corrected chi connectivity index (χ0v) is 18.0. The largest absolute Gasteiger partial charge is 0.459 e. The first-order chi connectivity index (χ1) is 14.5. The molecule has 3 heterocycles. The zero-order chi connectivity index (χ0) is 21.1. The Balaban J connectivity index is 1.57. The van der Waals surface area contributed by atoms with Gasteiger partial charge < -0.3 is 14.6 Å². The van der Waals surface area contributed by atoms with Crippen LogP contribution in [0.25, 0.3) is 11.1 Å². The van der Waals surface area contributed by atoms with Gasteiger partial charge in [0.1, 0.15) is 5.52 Å². The van der Waals surface area contributed by atoms with Crippen LogP contribution in [0.4, 0.5) is 17.5 Å². The molecule has 1 saturated heterocycles. The quantitative estimate of drug-likeness (QED) is 0.562. The topological polar surface area (TPSA) is 78.0 Å². The fraction of sp³-hybridized carbons (Fsp3) is 0.458. The van der Waals surface area contributed by atoms with Gasteiger partial charge >= 0.3 is 0 Å². The van der Waals surface area contributed by atoms with E-state index in [1.54, 1.807) is 6.26 Å². The van der Waals surface area contributed by atoms with Crippen molar-refractivity contribution in [1.82, 2.24) is 9.97 Å². The van der Waals surface area contributed by atoms with E-state index in [-0.39, 0.29) is 0 Å². The summed E-state index contributed by atoms with van der Waals surface area (Å²) in [6.45, 7) is 8.08. The molecule has 3 aromatic rings. The van der Waals surface area contributed by atoms with Gasteiger partial charge in [-0.05, 0) is 50.3 Å². The second-order valence-corrected chi connectivity index (χ2v) is 8.66. The maximum absolute atomic E-state index is 9.33. The van der Waals surface area contributed by atoms with E-state index in [1.807, 2.05) is 44.2 Å². The maximum atomic E-state index is 9.33. The van der Waals surface area contributed by atoms with Gasteiger partial charge in [-0.15, -0.1) is 0 Å². The number of anilines is 3. The first kappa shape index (κ1) is 20.2. The van der Waals surface area contributed by atoms with Gasteiger partial charge in [0.2, 0.25) is 5.95 Å². The average molecular weight is 404 g/mol. The molecule has 30 heavy (non-hydrogen) atoms. The molecule has 2 aromatic heterocycles. The van der Waals surface area contributed by atoms with Crippen LogP contribution in [0, 0.1) is 17.2 Å². The molecular weight excluding hydrogens is 374 g/mol. The van der Waals surface area contributed by atoms with E-state index in [0.717, 1.165) is 47.2 Å². The first-order valence-electron chi connectivity index (χ1n) is 10.8. The summed E-state index contributed by atoms with van der Waals surface area (Å²) in [6, 6.07) is 12.1. The fourth-order valence-electron chi connectivity index (χ4n) is 4.12. The molecule has 1 aliphatic heterocycles. The SMILES string of the molecule is CCCC1CCN(c2nc(Nc3ccc(C(C)(C)C#N)cc3)nc3ccoc23)CC1. The molecular formula is C24H29N5O. The molecule has 1 aromatic carbocycles. The van der Waals surface area contributed by atoms with E-state index in [9.17, 15) is 5.26 Å². The molecule has 0 saturated carbocycles. The van der Waals surface area contributed by atoms with Crippen molar-refractivity contribution < 1.29 is 4.42 Å². The van der Waals surface area contributed by atoms with E-state index in [1.165, 1.54) is 25.7 Å². The summed E-state index contributed by atoms with van der Waals surface area (Å²) in [6.07, 6.45) is 6.62. The lowest BCUT2D eigenvalue weighted by atomic mass is 9.86. The Morgan fingerprint density at radius 3 is 2.57 bits per heavy atom. The molecule has 0 amide bonds. The fourth-order valence-corrected chi connectivity index (χ4v) is 4.12. The predicted molar refractivity (Wildman–Crippen MR) is 120 cm³/mol. The molecule has 4 rings (SSSR count). The van der Waals surface area contributed by atoms with Crippen molar-refractivity contribution in [3.05, 3.63) is 42.2 Å². The Kier molecular flexibility index (Phi) is 5.63. The molecule has 1 N–H and O–H groups in total. The van der Waals surface area contributed by atoms with E-state index in [2.05, 4.69) is 28.2 Å². The minimum Gasteiger partial charge on any atom is -0.459 e. The number of piperidine rings is 1. The number of benzene rings is 1. The average Bonchev–Trinajstić information content (AvgIpc) is 3.23. The smallest absolute Gasteiger partial charge is 0.229 e. The third-order valence-electron chi connectivity index (χ3n) is 6.04. The first-order valence-corrected chi connectivity index (χ1v) is 10.8. The Hall–Kier alpha value is -3.07. The highest BCUT2D eigenvalue weighted by Crippen LogP contribution is 2.32. The third-order valence-corrected chi connectivity index (χ3v) is 6.04. The van der Waals surface area contributed by atoms with Gasteiger partial charge in [0.05, 0.1) is 17.7 Å². The molecule has 156 valence electrons. The summed E-state index contributed by atoms with van der Waals surface area (Å²) in [5.74, 6) is 2.24. The summed E-state index contributed by atoms with van der Waals surface area (Å²) in [7, 11) is 0. The molecule has 0 atom stereocenters. The van der Waals surface area contributed by atoms with Crippen molar-refractivity contribution in [2.75, 3.05) is 23.3 Å². The number of furan rings is 1. The van der Waals surface area contributed by atoms with Crippen LogP contribution in [0.1, 0.15) is 52.0 Å². The molecule has 6 nitrogen and oxygen atoms in total. The van der Waals surface area contributed by atoms with Crippen LogP contribution >= 0.6 is 0 Å². The highest BCUT2D eigenvalue weighted by Gasteiger charge is 2.23. The van der Waals surface area contributed by atoms with Gasteiger partial charge in [-0.2, -0.15) is 10.2 Å². The lowest BCUT2D eigenvalue weighted by Crippen LogP contribution is -2.34. The van der Waals surface area contributed by atoms with E-state index in [4.69, 9.17) is 9.40 Å². The maximum Gasteiger partial charge on any atom is 0.229 e. The lowest BCUT2D eigenvalue weighted by Gasteiger charge is -2.32. The molecule has 0 aliphatic carbocycles. The third kappa shape index (κ3) is 4.11. The van der Waals surface area contributed by atoms with Crippen molar-refractivity contribution in [3.8, 4) is 6.07 Å². The summed E-state index contributed by atoms with van der Waals surface area (Å²) >= 11 is 0. The van der Waals surface area contributed by atoms with Crippen LogP contribution in [0.3, 0.4) is 0 Å². The van der Waals surface area contributed by atoms with Crippen molar-refractivity contribution in [1.29, 1.82) is 5.26 Å². The highest BCUT2D eigenvalue weighted by atomic mass is 16.3. The molecule has 0 bridgehead atoms. The minimum absolute atomic E-state index is 0.512. The molecule has 1 fully saturated rings. The summed E-state index contributed by atoms with van der Waals surface area (Å²) in [4.78, 5) is 11.8. The van der Waals surface area contributed by atoms with E-state index < -0.39 is 5.41 Å². The van der Waals surface area contributed by atoms with Crippen LogP contribution in [-0.2, 0) is 5.41 Å². The lowest BCUT2D eigenvalue weighted by molar-refractivity contribution is 0.377. The highest BCUT2D eigenvalue weighted by molar-refractivity contribution is 5.85. The van der Waals surface area contributed by atoms with Gasteiger partial charge in [0, 0.05) is 24.8 Å². The van der Waals surface area contributed by atoms with Crippen LogP contribution in [0.5, 0.6) is 0 Å². The van der Waals surface area contributed by atoms with Gasteiger partial charge in [-0.1, -0.05) is 31.9 Å². The van der Waals surface area contributed by atoms with Gasteiger partial charge in [0.15, 0.2) is 11.4 Å². The number of fused-ring (bicyclic) bond motifs is 1. The van der Waals surface area contributed by atoms with Crippen molar-refractivity contribution in [3.63, 3.8) is 0 Å². The Bertz CT molecular complexity index is 1040. The van der Waals surface area contributed by atoms with Crippen LogP contribution in [0.15, 0.2) is 41.0 Å². The Morgan fingerprint density at radius 2 is 1.90 bits per heavy atom. The molecule has 0 unspecified atom stereocenters. The number of hydrogen-bond donors (Lipinski definition) is 1. The predicted octanol–water partition coefficient (Wildman–Crippen LogP) is 5.78. The standard InChI is InChI=1S/C24H29N5O/c1-4-5-17-10-13-29(14-11-17)22-21-20(12-15-30-21)27-23(28-22)26-19-8-6-18(7-9-19)24(2,3)16-25/h6-9,12,15,17H,4-5,10-11,13-14H2,1-3H3,(H,26,27,28). The number of aromatic nitrogens is 2. The summed E-state index contributed by atoms with van der Waals surface area (Å²) < 4.78 is 5.72. The minimum atomic E-state index is -0.512. The van der Waals surface area contributed by atoms with Crippen molar-refractivity contribution in [2.24, 2.45) is 5.92 Å². The number of rotatable bonds is 6. The number of nitriles is 1. The molecule has 0 radical (unpaired) electrons. The molecule has 1 aliphatic rings. The van der Waals surface area contributed by atoms with Gasteiger partial charge in [0.25, 0.3) is 0 Å². The van der Waals surface area contributed by atoms with Crippen molar-refractivity contribution in [2.45, 2.75) is 51.9 Å². The summed E-state index contributed by atoms with van der Waals surface area (Å²) in [5, 5.41) is 12.7. The number of nitrogens with one attached hydrogen (secondary N) is 1. The summed E-state index contributed by atoms with van der Waals surface area (Å²) in [5.41, 5.74) is 2.92. The van der Waals surface area contributed by atoms with Crippen LogP contribution in [0.2, 0.25) is 0 Å². The monoisotopic (exact) mass is 403 g/mol. The second-order valence-electron chi connectivity index (χ2n) is 8.66. The van der Waals surface area contributed by atoms with E-state index >= 15 is 0 Å². The molecule has 0 spiro atoms. The number of hydrogen-bond acceptors (Lipinski definition) is 6. The zero-order valence-electron chi connectivity index (χ0n) is 18.0. The van der Waals surface area contributed by atoms with Gasteiger partial charge in [-0.3, -0.25) is 0 Å². The second kappa shape index (κ2) is 8.35. The van der Waals surface area contributed by atoms with Crippen LogP contribution in [-0.4, -0.2) is 23.1 Å². The Morgan fingerprint density at radius 1 is 1.17 bits per heavy atom. The number of nitrogens with zero attached hydrogens (tertiary/aromatic N) is 4. The Labute approximate surface area is 177 Å².